The second-order valence-corrected chi connectivity index (χ2v) is 5.78. The van der Waals surface area contributed by atoms with Gasteiger partial charge in [-0.1, -0.05) is 38.8 Å². The molecular formula is C17H25NO2. The van der Waals surface area contributed by atoms with Gasteiger partial charge in [0.1, 0.15) is 5.75 Å². The molecule has 0 bridgehead atoms. The van der Waals surface area contributed by atoms with E-state index in [1.807, 2.05) is 31.2 Å². The van der Waals surface area contributed by atoms with E-state index < -0.39 is 0 Å². The molecule has 1 aliphatic carbocycles. The summed E-state index contributed by atoms with van der Waals surface area (Å²) in [5.41, 5.74) is 0.639. The van der Waals surface area contributed by atoms with Gasteiger partial charge in [0.25, 0.3) is 5.91 Å². The summed E-state index contributed by atoms with van der Waals surface area (Å²) in [6.45, 7) is 7.01. The molecule has 1 aromatic rings. The molecule has 0 aromatic heterocycles. The maximum Gasteiger partial charge on any atom is 0.255 e. The third-order valence-corrected chi connectivity index (χ3v) is 4.45. The van der Waals surface area contributed by atoms with Crippen molar-refractivity contribution in [2.75, 3.05) is 6.61 Å². The Morgan fingerprint density at radius 1 is 1.30 bits per heavy atom. The predicted molar refractivity (Wildman–Crippen MR) is 81.0 cm³/mol. The number of ether oxygens (including phenoxy) is 1. The fourth-order valence-corrected chi connectivity index (χ4v) is 2.97. The van der Waals surface area contributed by atoms with E-state index in [1.54, 1.807) is 0 Å². The minimum absolute atomic E-state index is 0.0139. The first-order valence-electron chi connectivity index (χ1n) is 7.66. The van der Waals surface area contributed by atoms with Crippen molar-refractivity contribution in [2.24, 2.45) is 11.8 Å². The maximum absolute atomic E-state index is 12.5. The Morgan fingerprint density at radius 2 is 2.05 bits per heavy atom. The minimum atomic E-state index is -0.0139. The van der Waals surface area contributed by atoms with E-state index in [2.05, 4.69) is 19.2 Å². The van der Waals surface area contributed by atoms with Crippen molar-refractivity contribution < 1.29 is 9.53 Å². The van der Waals surface area contributed by atoms with Gasteiger partial charge in [0.2, 0.25) is 0 Å². The molecule has 1 amide bonds. The van der Waals surface area contributed by atoms with Crippen molar-refractivity contribution in [3.05, 3.63) is 29.8 Å². The Balaban J connectivity index is 2.08. The first-order valence-corrected chi connectivity index (χ1v) is 7.66. The molecule has 0 spiro atoms. The summed E-state index contributed by atoms with van der Waals surface area (Å²) in [7, 11) is 0. The molecule has 1 saturated carbocycles. The zero-order valence-corrected chi connectivity index (χ0v) is 12.7. The van der Waals surface area contributed by atoms with Gasteiger partial charge in [-0.05, 0) is 37.3 Å². The molecule has 0 aliphatic heterocycles. The smallest absolute Gasteiger partial charge is 0.255 e. The summed E-state index contributed by atoms with van der Waals surface area (Å²) in [5, 5.41) is 3.20. The molecule has 2 rings (SSSR count). The summed E-state index contributed by atoms with van der Waals surface area (Å²) in [6, 6.07) is 7.74. The average Bonchev–Trinajstić information content (AvgIpc) is 2.45. The molecule has 0 heterocycles. The van der Waals surface area contributed by atoms with Gasteiger partial charge in [-0.15, -0.1) is 0 Å². The monoisotopic (exact) mass is 275 g/mol. The van der Waals surface area contributed by atoms with E-state index in [9.17, 15) is 4.79 Å². The lowest BCUT2D eigenvalue weighted by atomic mass is 9.78. The van der Waals surface area contributed by atoms with Crippen molar-refractivity contribution in [3.63, 3.8) is 0 Å². The van der Waals surface area contributed by atoms with E-state index in [-0.39, 0.29) is 11.9 Å². The Morgan fingerprint density at radius 3 is 2.80 bits per heavy atom. The van der Waals surface area contributed by atoms with Gasteiger partial charge in [0.05, 0.1) is 12.2 Å². The van der Waals surface area contributed by atoms with Gasteiger partial charge in [-0.25, -0.2) is 0 Å². The minimum Gasteiger partial charge on any atom is -0.493 e. The van der Waals surface area contributed by atoms with Crippen LogP contribution in [-0.2, 0) is 0 Å². The van der Waals surface area contributed by atoms with Crippen molar-refractivity contribution in [1.82, 2.24) is 5.32 Å². The Bertz CT molecular complexity index is 458. The number of rotatable bonds is 4. The number of benzene rings is 1. The Labute approximate surface area is 121 Å². The number of carbonyl (C=O) groups is 1. The molecule has 1 N–H and O–H groups in total. The van der Waals surface area contributed by atoms with Crippen molar-refractivity contribution in [3.8, 4) is 5.75 Å². The molecule has 3 nitrogen and oxygen atoms in total. The molecule has 0 unspecified atom stereocenters. The summed E-state index contributed by atoms with van der Waals surface area (Å²) >= 11 is 0. The van der Waals surface area contributed by atoms with E-state index in [0.29, 0.717) is 29.8 Å². The number of carbonyl (C=O) groups excluding carboxylic acids is 1. The number of para-hydroxylation sites is 1. The molecule has 20 heavy (non-hydrogen) atoms. The van der Waals surface area contributed by atoms with Crippen molar-refractivity contribution >= 4 is 5.91 Å². The zero-order valence-electron chi connectivity index (χ0n) is 12.7. The van der Waals surface area contributed by atoms with Crippen LogP contribution in [0, 0.1) is 11.8 Å². The van der Waals surface area contributed by atoms with E-state index in [1.165, 1.54) is 12.8 Å². The van der Waals surface area contributed by atoms with Gasteiger partial charge < -0.3 is 10.1 Å². The van der Waals surface area contributed by atoms with Crippen LogP contribution in [0.3, 0.4) is 0 Å². The van der Waals surface area contributed by atoms with E-state index in [0.717, 1.165) is 6.42 Å². The predicted octanol–water partition coefficient (Wildman–Crippen LogP) is 3.64. The van der Waals surface area contributed by atoms with Crippen LogP contribution in [0.1, 0.15) is 50.4 Å². The third-order valence-electron chi connectivity index (χ3n) is 4.45. The molecule has 1 fully saturated rings. The largest absolute Gasteiger partial charge is 0.493 e. The fraction of sp³-hybridized carbons (Fsp3) is 0.588. The zero-order chi connectivity index (χ0) is 14.5. The first-order chi connectivity index (χ1) is 9.63. The summed E-state index contributed by atoms with van der Waals surface area (Å²) in [4.78, 5) is 12.5. The Hall–Kier alpha value is -1.51. The van der Waals surface area contributed by atoms with Crippen LogP contribution in [0.2, 0.25) is 0 Å². The van der Waals surface area contributed by atoms with E-state index >= 15 is 0 Å². The van der Waals surface area contributed by atoms with Crippen LogP contribution in [-0.4, -0.2) is 18.6 Å². The van der Waals surface area contributed by atoms with Crippen LogP contribution in [0.15, 0.2) is 24.3 Å². The second kappa shape index (κ2) is 6.78. The van der Waals surface area contributed by atoms with Crippen LogP contribution in [0.4, 0.5) is 0 Å². The maximum atomic E-state index is 12.5. The second-order valence-electron chi connectivity index (χ2n) is 5.78. The van der Waals surface area contributed by atoms with Gasteiger partial charge >= 0.3 is 0 Å². The molecule has 1 aliphatic rings. The van der Waals surface area contributed by atoms with Gasteiger partial charge in [0.15, 0.2) is 0 Å². The molecule has 1 aromatic carbocycles. The summed E-state index contributed by atoms with van der Waals surface area (Å²) in [5.74, 6) is 1.87. The Kier molecular flexibility index (Phi) is 5.05. The molecule has 110 valence electrons. The molecule has 3 heteroatoms. The lowest BCUT2D eigenvalue weighted by molar-refractivity contribution is 0.0887. The quantitative estimate of drug-likeness (QED) is 0.911. The normalized spacial score (nSPS) is 26.1. The average molecular weight is 275 g/mol. The van der Waals surface area contributed by atoms with Crippen molar-refractivity contribution in [1.29, 1.82) is 0 Å². The highest BCUT2D eigenvalue weighted by molar-refractivity contribution is 5.97. The third kappa shape index (κ3) is 3.33. The molecule has 0 radical (unpaired) electrons. The topological polar surface area (TPSA) is 38.3 Å². The molecular weight excluding hydrogens is 250 g/mol. The van der Waals surface area contributed by atoms with E-state index in [4.69, 9.17) is 4.74 Å². The standard InChI is InChI=1S/C17H25NO2/c1-4-20-16-11-6-5-9-14(16)17(19)18-15-10-7-8-12(2)13(15)3/h5-6,9,11-13,15H,4,7-8,10H2,1-3H3,(H,18,19)/t12-,13-,15-/m1/s1. The number of amides is 1. The SMILES string of the molecule is CCOc1ccccc1C(=O)N[C@@H]1CCC[C@@H](C)[C@H]1C. The van der Waals surface area contributed by atoms with Crippen LogP contribution in [0.5, 0.6) is 5.75 Å². The molecule has 0 saturated heterocycles. The number of hydrogen-bond acceptors (Lipinski definition) is 2. The van der Waals surface area contributed by atoms with Gasteiger partial charge in [-0.3, -0.25) is 4.79 Å². The van der Waals surface area contributed by atoms with Gasteiger partial charge in [0, 0.05) is 6.04 Å². The van der Waals surface area contributed by atoms with Crippen LogP contribution in [0.25, 0.3) is 0 Å². The van der Waals surface area contributed by atoms with Crippen LogP contribution < -0.4 is 10.1 Å². The highest BCUT2D eigenvalue weighted by Gasteiger charge is 2.28. The fourth-order valence-electron chi connectivity index (χ4n) is 2.97. The number of hydrogen-bond donors (Lipinski definition) is 1. The lowest BCUT2D eigenvalue weighted by Gasteiger charge is -2.34. The molecule has 3 atom stereocenters. The summed E-state index contributed by atoms with van der Waals surface area (Å²) < 4.78 is 5.53. The highest BCUT2D eigenvalue weighted by atomic mass is 16.5. The highest BCUT2D eigenvalue weighted by Crippen LogP contribution is 2.30. The van der Waals surface area contributed by atoms with Crippen LogP contribution >= 0.6 is 0 Å². The number of nitrogens with one attached hydrogen (secondary N) is 1. The van der Waals surface area contributed by atoms with Crippen molar-refractivity contribution in [2.45, 2.75) is 46.1 Å². The lowest BCUT2D eigenvalue weighted by Crippen LogP contribution is -2.43. The van der Waals surface area contributed by atoms with Gasteiger partial charge in [-0.2, -0.15) is 0 Å². The summed E-state index contributed by atoms with van der Waals surface area (Å²) in [6.07, 6.45) is 3.54. The first kappa shape index (κ1) is 14.9.